The Hall–Kier alpha value is -2.24. The molecule has 1 N–H and O–H groups in total. The van der Waals surface area contributed by atoms with Gasteiger partial charge in [-0.25, -0.2) is 4.79 Å². The number of ether oxygens (including phenoxy) is 2. The average molecular weight is 424 g/mol. The quantitative estimate of drug-likeness (QED) is 0.254. The number of benzene rings is 2. The molecule has 6 nitrogen and oxygen atoms in total. The number of hydrogen-bond acceptors (Lipinski definition) is 6. The summed E-state index contributed by atoms with van der Waals surface area (Å²) in [5, 5.41) is 0. The lowest BCUT2D eigenvalue weighted by atomic mass is 10.2. The molecule has 27 heavy (non-hydrogen) atoms. The smallest absolute Gasteiger partial charge is 0.437 e. The standard InChI is InChI=1S/C15H14O3S.CHF3O3S/c1-17-15(16)18-13-7-9-14(10-8-13)19-11-12-5-3-2-4-6-12;2-1(3,4)8(5,6)7/h2-10H,11H2,1H3;(H,5,6,7). The van der Waals surface area contributed by atoms with Crippen LogP contribution < -0.4 is 4.74 Å². The molecule has 0 bridgehead atoms. The Bertz CT molecular complexity index is 821. The van der Waals surface area contributed by atoms with Crippen LogP contribution >= 0.6 is 11.8 Å². The first-order chi connectivity index (χ1) is 12.5. The summed E-state index contributed by atoms with van der Waals surface area (Å²) in [6.07, 6.45) is -0.704. The lowest BCUT2D eigenvalue weighted by Crippen LogP contribution is -2.21. The molecule has 0 unspecified atom stereocenters. The van der Waals surface area contributed by atoms with E-state index in [0.29, 0.717) is 5.75 Å². The second-order valence-corrected chi connectivity index (χ2v) is 7.18. The number of halogens is 3. The van der Waals surface area contributed by atoms with E-state index in [-0.39, 0.29) is 0 Å². The van der Waals surface area contributed by atoms with Gasteiger partial charge in [0.05, 0.1) is 7.11 Å². The Morgan fingerprint density at radius 3 is 2.04 bits per heavy atom. The van der Waals surface area contributed by atoms with Crippen molar-refractivity contribution in [3.8, 4) is 5.75 Å². The largest absolute Gasteiger partial charge is 0.522 e. The first-order valence-corrected chi connectivity index (χ1v) is 9.52. The highest BCUT2D eigenvalue weighted by molar-refractivity contribution is 7.98. The summed E-state index contributed by atoms with van der Waals surface area (Å²) in [5.74, 6) is 1.40. The average Bonchev–Trinajstić information content (AvgIpc) is 2.61. The van der Waals surface area contributed by atoms with Crippen LogP contribution in [0.2, 0.25) is 0 Å². The Labute approximate surface area is 158 Å². The zero-order chi connectivity index (χ0) is 20.5. The molecule has 0 saturated carbocycles. The van der Waals surface area contributed by atoms with Gasteiger partial charge >= 0.3 is 21.8 Å². The third-order valence-electron chi connectivity index (χ3n) is 2.73. The minimum Gasteiger partial charge on any atom is -0.437 e. The van der Waals surface area contributed by atoms with Gasteiger partial charge in [0.2, 0.25) is 0 Å². The topological polar surface area (TPSA) is 89.9 Å². The fourth-order valence-corrected chi connectivity index (χ4v) is 2.34. The lowest BCUT2D eigenvalue weighted by Gasteiger charge is -2.04. The van der Waals surface area contributed by atoms with Crippen molar-refractivity contribution in [1.29, 1.82) is 0 Å². The second kappa shape index (κ2) is 10.2. The van der Waals surface area contributed by atoms with Gasteiger partial charge in [0.15, 0.2) is 0 Å². The van der Waals surface area contributed by atoms with Gasteiger partial charge in [-0.15, -0.1) is 11.8 Å². The summed E-state index contributed by atoms with van der Waals surface area (Å²) in [7, 11) is -4.56. The molecule has 0 atom stereocenters. The Morgan fingerprint density at radius 1 is 1.07 bits per heavy atom. The summed E-state index contributed by atoms with van der Waals surface area (Å²) in [6, 6.07) is 17.6. The van der Waals surface area contributed by atoms with Crippen molar-refractivity contribution in [2.24, 2.45) is 0 Å². The normalized spacial score (nSPS) is 11.1. The van der Waals surface area contributed by atoms with Crippen LogP contribution in [0, 0.1) is 0 Å². The molecule has 0 heterocycles. The molecule has 0 spiro atoms. The SMILES string of the molecule is COC(=O)Oc1ccc(SCc2ccccc2)cc1.O=S(=O)(O)C(F)(F)F. The predicted molar refractivity (Wildman–Crippen MR) is 93.1 cm³/mol. The number of alkyl halides is 3. The fraction of sp³-hybridized carbons (Fsp3) is 0.188. The highest BCUT2D eigenvalue weighted by Crippen LogP contribution is 2.25. The third-order valence-corrected chi connectivity index (χ3v) is 4.40. The van der Waals surface area contributed by atoms with Gasteiger partial charge in [0.1, 0.15) is 5.75 Å². The molecule has 2 aromatic rings. The summed E-state index contributed by atoms with van der Waals surface area (Å²) < 4.78 is 66.9. The van der Waals surface area contributed by atoms with Crippen LogP contribution in [-0.2, 0) is 20.6 Å². The van der Waals surface area contributed by atoms with Gasteiger partial charge in [-0.2, -0.15) is 21.6 Å². The van der Waals surface area contributed by atoms with Gasteiger partial charge in [0, 0.05) is 10.6 Å². The molecule has 0 aliphatic carbocycles. The zero-order valence-electron chi connectivity index (χ0n) is 13.8. The minimum atomic E-state index is -5.84. The number of rotatable bonds is 4. The molecule has 0 aliphatic heterocycles. The Balaban J connectivity index is 0.000000387. The first-order valence-electron chi connectivity index (χ1n) is 7.09. The molecule has 0 saturated heterocycles. The monoisotopic (exact) mass is 424 g/mol. The van der Waals surface area contributed by atoms with Gasteiger partial charge in [-0.1, -0.05) is 30.3 Å². The number of methoxy groups -OCH3 is 1. The molecular weight excluding hydrogens is 409 g/mol. The van der Waals surface area contributed by atoms with E-state index in [4.69, 9.17) is 17.7 Å². The third kappa shape index (κ3) is 8.80. The van der Waals surface area contributed by atoms with Crippen LogP contribution in [0.3, 0.4) is 0 Å². The predicted octanol–water partition coefficient (Wildman–Crippen LogP) is 4.52. The van der Waals surface area contributed by atoms with Crippen molar-refractivity contribution in [3.05, 3.63) is 60.2 Å². The van der Waals surface area contributed by atoms with E-state index in [0.717, 1.165) is 10.6 Å². The fourth-order valence-electron chi connectivity index (χ4n) is 1.48. The van der Waals surface area contributed by atoms with Crippen LogP contribution in [0.4, 0.5) is 18.0 Å². The first kappa shape index (κ1) is 22.8. The maximum atomic E-state index is 10.9. The van der Waals surface area contributed by atoms with Gasteiger partial charge in [-0.3, -0.25) is 4.55 Å². The molecule has 0 aromatic heterocycles. The van der Waals surface area contributed by atoms with Crippen molar-refractivity contribution in [2.75, 3.05) is 7.11 Å². The van der Waals surface area contributed by atoms with Crippen LogP contribution in [0.25, 0.3) is 0 Å². The summed E-state index contributed by atoms with van der Waals surface area (Å²) >= 11 is 1.74. The van der Waals surface area contributed by atoms with E-state index in [1.807, 2.05) is 30.3 Å². The van der Waals surface area contributed by atoms with E-state index < -0.39 is 21.8 Å². The summed E-state index contributed by atoms with van der Waals surface area (Å²) in [6.45, 7) is 0. The molecule has 2 rings (SSSR count). The molecule has 148 valence electrons. The Morgan fingerprint density at radius 2 is 1.59 bits per heavy atom. The number of carbonyl (C=O) groups is 1. The van der Waals surface area contributed by atoms with Gasteiger partial charge in [0.25, 0.3) is 0 Å². The lowest BCUT2D eigenvalue weighted by molar-refractivity contribution is -0.0510. The van der Waals surface area contributed by atoms with Crippen molar-refractivity contribution < 1.29 is 40.4 Å². The Kier molecular flexibility index (Phi) is 8.60. The highest BCUT2D eigenvalue weighted by Gasteiger charge is 2.44. The zero-order valence-corrected chi connectivity index (χ0v) is 15.5. The van der Waals surface area contributed by atoms with E-state index in [2.05, 4.69) is 16.9 Å². The molecular formula is C16H15F3O6S2. The maximum absolute atomic E-state index is 10.9. The molecule has 0 aliphatic rings. The van der Waals surface area contributed by atoms with Gasteiger partial charge in [-0.05, 0) is 29.8 Å². The molecule has 0 amide bonds. The molecule has 0 fully saturated rings. The summed E-state index contributed by atoms with van der Waals surface area (Å²) in [5.41, 5.74) is -4.25. The van der Waals surface area contributed by atoms with Crippen molar-refractivity contribution in [2.45, 2.75) is 16.2 Å². The van der Waals surface area contributed by atoms with E-state index in [1.54, 1.807) is 23.9 Å². The van der Waals surface area contributed by atoms with E-state index in [1.165, 1.54) is 12.7 Å². The van der Waals surface area contributed by atoms with Crippen molar-refractivity contribution >= 4 is 28.0 Å². The van der Waals surface area contributed by atoms with Gasteiger partial charge < -0.3 is 9.47 Å². The number of carbonyl (C=O) groups excluding carboxylic acids is 1. The summed E-state index contributed by atoms with van der Waals surface area (Å²) in [4.78, 5) is 12.1. The number of thioether (sulfide) groups is 1. The van der Waals surface area contributed by atoms with Crippen LogP contribution in [0.1, 0.15) is 5.56 Å². The molecule has 0 radical (unpaired) electrons. The van der Waals surface area contributed by atoms with Crippen LogP contribution in [0.15, 0.2) is 59.5 Å². The van der Waals surface area contributed by atoms with E-state index >= 15 is 0 Å². The second-order valence-electron chi connectivity index (χ2n) is 4.72. The van der Waals surface area contributed by atoms with Crippen LogP contribution in [-0.4, -0.2) is 31.7 Å². The van der Waals surface area contributed by atoms with Crippen LogP contribution in [0.5, 0.6) is 5.75 Å². The molecule has 11 heteroatoms. The highest BCUT2D eigenvalue weighted by atomic mass is 32.2. The van der Waals surface area contributed by atoms with Crippen molar-refractivity contribution in [1.82, 2.24) is 0 Å². The van der Waals surface area contributed by atoms with E-state index in [9.17, 15) is 18.0 Å². The maximum Gasteiger partial charge on any atom is 0.522 e. The van der Waals surface area contributed by atoms with Crippen molar-refractivity contribution in [3.63, 3.8) is 0 Å². The minimum absolute atomic E-state index is 0.482. The number of hydrogen-bond donors (Lipinski definition) is 1. The molecule has 2 aromatic carbocycles.